The summed E-state index contributed by atoms with van der Waals surface area (Å²) in [7, 11) is 1.63. The minimum atomic E-state index is -1.13. The van der Waals surface area contributed by atoms with E-state index < -0.39 is 36.0 Å². The molecule has 4 N–H and O–H groups in total. The van der Waals surface area contributed by atoms with E-state index in [2.05, 4.69) is 15.6 Å². The number of aromatic amines is 1. The highest BCUT2D eigenvalue weighted by Gasteiger charge is 2.49. The molecule has 1 fully saturated rings. The average molecular weight is 472 g/mol. The Balaban J connectivity index is 1.70. The van der Waals surface area contributed by atoms with Gasteiger partial charge in [-0.3, -0.25) is 14.4 Å². The number of aromatic nitrogens is 1. The summed E-state index contributed by atoms with van der Waals surface area (Å²) in [5.74, 6) is -1.33. The van der Waals surface area contributed by atoms with Crippen molar-refractivity contribution >= 4 is 34.2 Å². The van der Waals surface area contributed by atoms with Gasteiger partial charge < -0.3 is 30.5 Å². The number of H-pyrrole nitrogens is 1. The van der Waals surface area contributed by atoms with Crippen LogP contribution in [0.1, 0.15) is 32.8 Å². The lowest BCUT2D eigenvalue weighted by molar-refractivity contribution is -0.140. The molecule has 1 saturated heterocycles. The predicted molar refractivity (Wildman–Crippen MR) is 125 cm³/mol. The van der Waals surface area contributed by atoms with E-state index in [1.165, 1.54) is 26.0 Å². The molecule has 0 saturated carbocycles. The molecule has 0 bridgehead atoms. The number of likely N-dealkylation sites (N-methyl/N-ethyl adjacent to an activating group) is 1. The average Bonchev–Trinajstić information content (AvgIpc) is 3.49. The molecule has 2 aliphatic rings. The second-order valence-electron chi connectivity index (χ2n) is 8.97. The number of benzene rings is 1. The largest absolute Gasteiger partial charge is 0.391 e. The number of carbonyl (C=O) groups excluding carboxylic acids is 3. The molecule has 2 aromatic rings. The van der Waals surface area contributed by atoms with Crippen LogP contribution >= 0.6 is 0 Å². The van der Waals surface area contributed by atoms with E-state index in [1.54, 1.807) is 42.2 Å². The standard InChI is InChI=1S/C24H30FN5O4/c1-12(26-4)23(33)28-21(13(2)31)24(34)29-8-7-20-22(29)18(11-30(20)14(3)32)17-10-27-19-9-15(25)5-6-16(17)19/h5-6,9-13,20-22,26-27,31H,7-8H2,1-4H3,(H,28,33). The first kappa shape index (κ1) is 23.9. The van der Waals surface area contributed by atoms with Gasteiger partial charge in [-0.25, -0.2) is 4.39 Å². The van der Waals surface area contributed by atoms with Gasteiger partial charge in [0.1, 0.15) is 11.9 Å². The molecule has 5 atom stereocenters. The summed E-state index contributed by atoms with van der Waals surface area (Å²) in [5.41, 5.74) is 2.14. The zero-order valence-electron chi connectivity index (χ0n) is 19.6. The lowest BCUT2D eigenvalue weighted by Crippen LogP contribution is -2.58. The highest BCUT2D eigenvalue weighted by atomic mass is 19.1. The maximum absolute atomic E-state index is 13.7. The smallest absolute Gasteiger partial charge is 0.248 e. The Morgan fingerprint density at radius 3 is 2.65 bits per heavy atom. The lowest BCUT2D eigenvalue weighted by Gasteiger charge is -2.32. The van der Waals surface area contributed by atoms with Crippen molar-refractivity contribution in [1.82, 2.24) is 25.4 Å². The number of nitrogens with one attached hydrogen (secondary N) is 3. The minimum Gasteiger partial charge on any atom is -0.391 e. The second kappa shape index (κ2) is 9.19. The van der Waals surface area contributed by atoms with Gasteiger partial charge in [-0.1, -0.05) is 0 Å². The number of likely N-dealkylation sites (tertiary alicyclic amines) is 1. The Labute approximate surface area is 197 Å². The number of hydrogen-bond donors (Lipinski definition) is 4. The summed E-state index contributed by atoms with van der Waals surface area (Å²) < 4.78 is 13.7. The Hall–Kier alpha value is -3.24. The Bertz CT molecular complexity index is 1160. The highest BCUT2D eigenvalue weighted by molar-refractivity contribution is 5.98. The number of rotatable bonds is 6. The molecule has 0 radical (unpaired) electrons. The van der Waals surface area contributed by atoms with Crippen molar-refractivity contribution < 1.29 is 23.9 Å². The molecule has 0 aliphatic carbocycles. The summed E-state index contributed by atoms with van der Waals surface area (Å²) >= 11 is 0. The summed E-state index contributed by atoms with van der Waals surface area (Å²) in [5, 5.41) is 16.6. The molecule has 3 heterocycles. The van der Waals surface area contributed by atoms with Crippen molar-refractivity contribution in [2.75, 3.05) is 13.6 Å². The van der Waals surface area contributed by atoms with Crippen molar-refractivity contribution in [1.29, 1.82) is 0 Å². The molecule has 9 nitrogen and oxygen atoms in total. The third kappa shape index (κ3) is 4.07. The summed E-state index contributed by atoms with van der Waals surface area (Å²) in [4.78, 5) is 44.8. The van der Waals surface area contributed by atoms with Crippen LogP contribution in [0.25, 0.3) is 16.5 Å². The molecule has 5 unspecified atom stereocenters. The monoisotopic (exact) mass is 471 g/mol. The van der Waals surface area contributed by atoms with Gasteiger partial charge in [0.15, 0.2) is 0 Å². The first-order valence-corrected chi connectivity index (χ1v) is 11.4. The number of amides is 3. The van der Waals surface area contributed by atoms with E-state index >= 15 is 0 Å². The van der Waals surface area contributed by atoms with Gasteiger partial charge in [-0.05, 0) is 45.5 Å². The van der Waals surface area contributed by atoms with E-state index in [0.29, 0.717) is 18.5 Å². The Kier molecular flexibility index (Phi) is 6.46. The van der Waals surface area contributed by atoms with Gasteiger partial charge in [0, 0.05) is 47.9 Å². The first-order valence-electron chi connectivity index (χ1n) is 11.4. The Morgan fingerprint density at radius 1 is 1.26 bits per heavy atom. The van der Waals surface area contributed by atoms with Crippen LogP contribution in [0, 0.1) is 5.82 Å². The molecule has 0 spiro atoms. The van der Waals surface area contributed by atoms with E-state index in [1.807, 2.05) is 0 Å². The van der Waals surface area contributed by atoms with Crippen LogP contribution in [-0.4, -0.2) is 81.5 Å². The van der Waals surface area contributed by atoms with Crippen LogP contribution in [-0.2, 0) is 14.4 Å². The molecule has 34 heavy (non-hydrogen) atoms. The van der Waals surface area contributed by atoms with Gasteiger partial charge in [0.25, 0.3) is 0 Å². The van der Waals surface area contributed by atoms with Crippen molar-refractivity contribution in [3.05, 3.63) is 42.0 Å². The van der Waals surface area contributed by atoms with Crippen LogP contribution in [0.2, 0.25) is 0 Å². The molecule has 1 aromatic carbocycles. The number of halogens is 1. The maximum Gasteiger partial charge on any atom is 0.248 e. The number of nitrogens with zero attached hydrogens (tertiary/aromatic N) is 2. The normalized spacial score (nSPS) is 22.4. The van der Waals surface area contributed by atoms with Crippen LogP contribution < -0.4 is 10.6 Å². The van der Waals surface area contributed by atoms with Gasteiger partial charge >= 0.3 is 0 Å². The van der Waals surface area contributed by atoms with Crippen molar-refractivity contribution in [2.45, 2.75) is 57.5 Å². The second-order valence-corrected chi connectivity index (χ2v) is 8.97. The quantitative estimate of drug-likeness (QED) is 0.501. The number of aliphatic hydroxyl groups excluding tert-OH is 1. The van der Waals surface area contributed by atoms with E-state index in [4.69, 9.17) is 0 Å². The SMILES string of the molecule is CNC(C)C(=O)NC(C(=O)N1CCC2C1C(c1c[nH]c3cc(F)ccc13)=CN2C(C)=O)C(C)O. The fourth-order valence-electron chi connectivity index (χ4n) is 4.88. The predicted octanol–water partition coefficient (Wildman–Crippen LogP) is 0.953. The molecular weight excluding hydrogens is 441 g/mol. The van der Waals surface area contributed by atoms with Gasteiger partial charge in [0.05, 0.1) is 24.2 Å². The minimum absolute atomic E-state index is 0.145. The number of carbonyl (C=O) groups is 3. The van der Waals surface area contributed by atoms with Crippen LogP contribution in [0.3, 0.4) is 0 Å². The third-order valence-electron chi connectivity index (χ3n) is 6.79. The van der Waals surface area contributed by atoms with E-state index in [-0.39, 0.29) is 17.8 Å². The summed E-state index contributed by atoms with van der Waals surface area (Å²) in [6.45, 7) is 4.96. The number of fused-ring (bicyclic) bond motifs is 2. The third-order valence-corrected chi connectivity index (χ3v) is 6.79. The zero-order chi connectivity index (χ0) is 24.7. The maximum atomic E-state index is 13.7. The van der Waals surface area contributed by atoms with E-state index in [9.17, 15) is 23.9 Å². The fourth-order valence-corrected chi connectivity index (χ4v) is 4.88. The van der Waals surface area contributed by atoms with Crippen LogP contribution in [0.4, 0.5) is 4.39 Å². The molecule has 10 heteroatoms. The lowest BCUT2D eigenvalue weighted by atomic mass is 9.96. The van der Waals surface area contributed by atoms with Gasteiger partial charge in [-0.15, -0.1) is 0 Å². The zero-order valence-corrected chi connectivity index (χ0v) is 19.6. The summed E-state index contributed by atoms with van der Waals surface area (Å²) in [6, 6.07) is 2.04. The fraction of sp³-hybridized carbons (Fsp3) is 0.458. The van der Waals surface area contributed by atoms with Crippen LogP contribution in [0.15, 0.2) is 30.6 Å². The van der Waals surface area contributed by atoms with Gasteiger partial charge in [-0.2, -0.15) is 0 Å². The van der Waals surface area contributed by atoms with E-state index in [0.717, 1.165) is 16.5 Å². The molecule has 182 valence electrons. The summed E-state index contributed by atoms with van der Waals surface area (Å²) in [6.07, 6.45) is 2.94. The first-order chi connectivity index (χ1) is 16.1. The molecule has 2 aliphatic heterocycles. The topological polar surface area (TPSA) is 118 Å². The highest BCUT2D eigenvalue weighted by Crippen LogP contribution is 2.42. The number of hydrogen-bond acceptors (Lipinski definition) is 5. The van der Waals surface area contributed by atoms with Crippen LogP contribution in [0.5, 0.6) is 0 Å². The molecule has 1 aromatic heterocycles. The van der Waals surface area contributed by atoms with Crippen molar-refractivity contribution in [3.8, 4) is 0 Å². The van der Waals surface area contributed by atoms with Crippen molar-refractivity contribution in [3.63, 3.8) is 0 Å². The number of aliphatic hydroxyl groups is 1. The van der Waals surface area contributed by atoms with Crippen molar-refractivity contribution in [2.24, 2.45) is 0 Å². The Morgan fingerprint density at radius 2 is 2.00 bits per heavy atom. The molecular formula is C24H30FN5O4. The van der Waals surface area contributed by atoms with Gasteiger partial charge in [0.2, 0.25) is 17.7 Å². The molecule has 4 rings (SSSR count). The molecule has 3 amide bonds.